The Morgan fingerprint density at radius 1 is 1.00 bits per heavy atom. The zero-order valence-corrected chi connectivity index (χ0v) is 18.2. The number of unbranched alkanes of at least 4 members (excludes halogenated alkanes) is 1. The average Bonchev–Trinajstić information content (AvgIpc) is 2.81. The van der Waals surface area contributed by atoms with Crippen molar-refractivity contribution < 1.29 is 24.5 Å². The van der Waals surface area contributed by atoms with Gasteiger partial charge in [0.15, 0.2) is 0 Å². The highest BCUT2D eigenvalue weighted by Gasteiger charge is 2.15. The number of methoxy groups -OCH3 is 1. The second kappa shape index (κ2) is 12.3. The molecule has 2 aromatic carbocycles. The maximum absolute atomic E-state index is 11.9. The molecular formula is C23H27N3O7. The number of aromatic nitrogens is 2. The number of nitrogens with two attached hydrogens (primary N) is 1. The van der Waals surface area contributed by atoms with Crippen LogP contribution in [-0.2, 0) is 17.6 Å². The van der Waals surface area contributed by atoms with Gasteiger partial charge in [0.2, 0.25) is 0 Å². The number of aryl methyl sites for hydroxylation is 1. The van der Waals surface area contributed by atoms with E-state index in [1.165, 1.54) is 7.11 Å². The molecule has 1 heterocycles. The van der Waals surface area contributed by atoms with E-state index < -0.39 is 17.2 Å². The van der Waals surface area contributed by atoms with E-state index in [1.54, 1.807) is 12.1 Å². The molecule has 10 nitrogen and oxygen atoms in total. The van der Waals surface area contributed by atoms with E-state index in [9.17, 15) is 19.2 Å². The van der Waals surface area contributed by atoms with Crippen LogP contribution in [0.4, 0.5) is 0 Å². The number of aromatic amines is 2. The summed E-state index contributed by atoms with van der Waals surface area (Å²) in [5, 5.41) is 18.9. The van der Waals surface area contributed by atoms with Gasteiger partial charge < -0.3 is 25.7 Å². The van der Waals surface area contributed by atoms with Gasteiger partial charge in [-0.3, -0.25) is 9.78 Å². The van der Waals surface area contributed by atoms with Crippen LogP contribution in [0.5, 0.6) is 0 Å². The van der Waals surface area contributed by atoms with Crippen molar-refractivity contribution in [2.45, 2.75) is 25.7 Å². The number of fused-ring (bicyclic) bond motifs is 1. The van der Waals surface area contributed by atoms with Crippen molar-refractivity contribution in [1.82, 2.24) is 9.97 Å². The highest BCUT2D eigenvalue weighted by molar-refractivity contribution is 5.95. The molecule has 3 rings (SSSR count). The van der Waals surface area contributed by atoms with Crippen LogP contribution >= 0.6 is 0 Å². The molecule has 0 aliphatic carbocycles. The van der Waals surface area contributed by atoms with Crippen LogP contribution in [0.2, 0.25) is 0 Å². The number of esters is 1. The summed E-state index contributed by atoms with van der Waals surface area (Å²) < 4.78 is 4.73. The highest BCUT2D eigenvalue weighted by atomic mass is 16.5. The Hall–Kier alpha value is -3.76. The number of benzene rings is 2. The maximum Gasteiger partial charge on any atom is 0.352 e. The van der Waals surface area contributed by atoms with Crippen LogP contribution in [-0.4, -0.2) is 52.4 Å². The molecule has 6 N–H and O–H groups in total. The summed E-state index contributed by atoms with van der Waals surface area (Å²) in [6.45, 7) is 0.472. The third kappa shape index (κ3) is 7.13. The van der Waals surface area contributed by atoms with Gasteiger partial charge in [0.05, 0.1) is 19.3 Å². The number of hydrogen-bond acceptors (Lipinski definition) is 7. The van der Waals surface area contributed by atoms with Gasteiger partial charge in [-0.15, -0.1) is 0 Å². The molecule has 0 bridgehead atoms. The first-order valence-electron chi connectivity index (χ1n) is 10.3. The Labute approximate surface area is 189 Å². The minimum absolute atomic E-state index is 0.0750. The third-order valence-corrected chi connectivity index (χ3v) is 4.85. The van der Waals surface area contributed by atoms with E-state index in [2.05, 4.69) is 9.97 Å². The molecule has 0 fully saturated rings. The summed E-state index contributed by atoms with van der Waals surface area (Å²) in [4.78, 5) is 50.3. The van der Waals surface area contributed by atoms with Crippen LogP contribution in [0.3, 0.4) is 0 Å². The molecule has 0 aliphatic rings. The number of rotatable bonds is 8. The van der Waals surface area contributed by atoms with E-state index in [0.717, 1.165) is 29.2 Å². The van der Waals surface area contributed by atoms with Crippen LogP contribution in [0, 0.1) is 0 Å². The van der Waals surface area contributed by atoms with Gasteiger partial charge in [0.25, 0.3) is 5.56 Å². The lowest BCUT2D eigenvalue weighted by Crippen LogP contribution is -2.30. The molecule has 0 atom stereocenters. The lowest BCUT2D eigenvalue weighted by Gasteiger charge is -2.07. The number of aliphatic hydroxyl groups is 1. The molecule has 0 radical (unpaired) electrons. The van der Waals surface area contributed by atoms with Gasteiger partial charge in [-0.05, 0) is 54.2 Å². The lowest BCUT2D eigenvalue weighted by atomic mass is 10.00. The van der Waals surface area contributed by atoms with Crippen molar-refractivity contribution in [3.63, 3.8) is 0 Å². The largest absolute Gasteiger partial charge is 0.477 e. The first kappa shape index (κ1) is 25.5. The standard InChI is InChI=1S/C21H20N2O6.C2H7NO/c1-29-20(27)15-9-8-13-10-12(6-7-14(13)11-15)4-2-3-5-16-17(19(25)26)22-21(28)23-18(16)24;3-1-2-4/h6-11H,2-5H2,1H3,(H,25,26)(H2,22,23,24,28);4H,1-3H2. The molecule has 0 unspecified atom stereocenters. The van der Waals surface area contributed by atoms with E-state index in [4.69, 9.17) is 20.7 Å². The van der Waals surface area contributed by atoms with Crippen LogP contribution in [0.15, 0.2) is 46.0 Å². The number of carbonyl (C=O) groups excluding carboxylic acids is 1. The number of H-pyrrole nitrogens is 2. The normalized spacial score (nSPS) is 10.4. The smallest absolute Gasteiger partial charge is 0.352 e. The van der Waals surface area contributed by atoms with E-state index in [1.807, 2.05) is 24.3 Å². The van der Waals surface area contributed by atoms with Crippen molar-refractivity contribution in [2.24, 2.45) is 5.73 Å². The number of aromatic carboxylic acids is 1. The number of carboxylic acids is 1. The topological polar surface area (TPSA) is 176 Å². The minimum atomic E-state index is -1.33. The Kier molecular flexibility index (Phi) is 9.52. The van der Waals surface area contributed by atoms with E-state index >= 15 is 0 Å². The quantitative estimate of drug-likeness (QED) is 0.248. The molecule has 176 valence electrons. The minimum Gasteiger partial charge on any atom is -0.477 e. The Morgan fingerprint density at radius 2 is 1.64 bits per heavy atom. The summed E-state index contributed by atoms with van der Waals surface area (Å²) >= 11 is 0. The summed E-state index contributed by atoms with van der Waals surface area (Å²) in [5.41, 5.74) is 4.59. The molecule has 0 saturated heterocycles. The van der Waals surface area contributed by atoms with Gasteiger partial charge in [-0.25, -0.2) is 14.4 Å². The van der Waals surface area contributed by atoms with Crippen LogP contribution in [0.1, 0.15) is 44.8 Å². The number of ether oxygens (including phenoxy) is 1. The maximum atomic E-state index is 11.9. The molecule has 0 amide bonds. The first-order chi connectivity index (χ1) is 15.8. The van der Waals surface area contributed by atoms with Gasteiger partial charge >= 0.3 is 17.6 Å². The molecule has 1 aromatic heterocycles. The average molecular weight is 457 g/mol. The SMILES string of the molecule is COC(=O)c1ccc2cc(CCCCc3c(C(=O)O)[nH]c(=O)[nH]c3=O)ccc2c1.NCCO. The van der Waals surface area contributed by atoms with E-state index in [0.29, 0.717) is 18.5 Å². The fourth-order valence-corrected chi connectivity index (χ4v) is 3.26. The summed E-state index contributed by atoms with van der Waals surface area (Å²) in [6, 6.07) is 11.3. The zero-order chi connectivity index (χ0) is 24.4. The predicted octanol–water partition coefficient (Wildman–Crippen LogP) is 1.20. The Balaban J connectivity index is 0.000000890. The van der Waals surface area contributed by atoms with Crippen LogP contribution < -0.4 is 17.0 Å². The zero-order valence-electron chi connectivity index (χ0n) is 18.2. The highest BCUT2D eigenvalue weighted by Crippen LogP contribution is 2.20. The number of aliphatic hydroxyl groups excluding tert-OH is 1. The first-order valence-corrected chi connectivity index (χ1v) is 10.3. The van der Waals surface area contributed by atoms with Crippen molar-refractivity contribution in [1.29, 1.82) is 0 Å². The van der Waals surface area contributed by atoms with Gasteiger partial charge in [0.1, 0.15) is 5.69 Å². The second-order valence-corrected chi connectivity index (χ2v) is 7.17. The number of nitrogens with one attached hydrogen (secondary N) is 2. The van der Waals surface area contributed by atoms with Crippen molar-refractivity contribution in [3.8, 4) is 0 Å². The molecule has 3 aromatic rings. The molecule has 0 aliphatic heterocycles. The fourth-order valence-electron chi connectivity index (χ4n) is 3.26. The van der Waals surface area contributed by atoms with E-state index in [-0.39, 0.29) is 30.3 Å². The molecule has 0 saturated carbocycles. The Bertz CT molecular complexity index is 1230. The van der Waals surface area contributed by atoms with Crippen LogP contribution in [0.25, 0.3) is 10.8 Å². The summed E-state index contributed by atoms with van der Waals surface area (Å²) in [7, 11) is 1.34. The number of hydrogen-bond donors (Lipinski definition) is 5. The van der Waals surface area contributed by atoms with Crippen molar-refractivity contribution in [2.75, 3.05) is 20.3 Å². The number of carboxylic acid groups (broad SMARTS) is 1. The second-order valence-electron chi connectivity index (χ2n) is 7.17. The molecule has 10 heteroatoms. The van der Waals surface area contributed by atoms with Crippen molar-refractivity contribution >= 4 is 22.7 Å². The van der Waals surface area contributed by atoms with Gasteiger partial charge in [-0.1, -0.05) is 24.3 Å². The van der Waals surface area contributed by atoms with Crippen molar-refractivity contribution in [3.05, 3.63) is 79.6 Å². The Morgan fingerprint density at radius 3 is 2.27 bits per heavy atom. The fraction of sp³-hybridized carbons (Fsp3) is 0.304. The molecule has 0 spiro atoms. The lowest BCUT2D eigenvalue weighted by molar-refractivity contribution is 0.0600. The molecular weight excluding hydrogens is 430 g/mol. The summed E-state index contributed by atoms with van der Waals surface area (Å²) in [6.07, 6.45) is 2.33. The third-order valence-electron chi connectivity index (χ3n) is 4.85. The summed E-state index contributed by atoms with van der Waals surface area (Å²) in [5.74, 6) is -1.71. The van der Waals surface area contributed by atoms with Gasteiger partial charge in [-0.2, -0.15) is 0 Å². The molecule has 33 heavy (non-hydrogen) atoms. The predicted molar refractivity (Wildman–Crippen MR) is 123 cm³/mol. The van der Waals surface area contributed by atoms with Gasteiger partial charge in [0, 0.05) is 12.1 Å². The monoisotopic (exact) mass is 457 g/mol. The number of carbonyl (C=O) groups is 2.